The normalized spacial score (nSPS) is 14.5. The summed E-state index contributed by atoms with van der Waals surface area (Å²) in [6.07, 6.45) is 1.70. The van der Waals surface area contributed by atoms with Crippen LogP contribution in [0.3, 0.4) is 0 Å². The van der Waals surface area contributed by atoms with E-state index in [1.807, 2.05) is 54.3 Å². The number of carbonyl (C=O) groups excluding carboxylic acids is 1. The highest BCUT2D eigenvalue weighted by Crippen LogP contribution is 2.17. The number of amides is 1. The second kappa shape index (κ2) is 7.00. The molecule has 0 aliphatic carbocycles. The van der Waals surface area contributed by atoms with E-state index < -0.39 is 0 Å². The predicted molar refractivity (Wildman–Crippen MR) is 101 cm³/mol. The van der Waals surface area contributed by atoms with Crippen molar-refractivity contribution in [2.75, 3.05) is 31.1 Å². The molecule has 2 heterocycles. The second-order valence-corrected chi connectivity index (χ2v) is 6.50. The van der Waals surface area contributed by atoms with E-state index in [0.717, 1.165) is 18.8 Å². The highest BCUT2D eigenvalue weighted by molar-refractivity contribution is 5.92. The fourth-order valence-corrected chi connectivity index (χ4v) is 3.15. The Balaban J connectivity index is 1.42. The predicted octanol–water partition coefficient (Wildman–Crippen LogP) is 2.54. The molecule has 0 bridgehead atoms. The Labute approximate surface area is 152 Å². The van der Waals surface area contributed by atoms with Crippen molar-refractivity contribution in [2.24, 2.45) is 0 Å². The first-order valence-corrected chi connectivity index (χ1v) is 8.79. The number of aromatic nitrogens is 3. The zero-order valence-electron chi connectivity index (χ0n) is 14.7. The lowest BCUT2D eigenvalue weighted by Gasteiger charge is -2.35. The summed E-state index contributed by atoms with van der Waals surface area (Å²) in [5, 5.41) is 8.18. The first-order chi connectivity index (χ1) is 12.7. The van der Waals surface area contributed by atoms with Crippen molar-refractivity contribution >= 4 is 11.6 Å². The molecule has 1 saturated heterocycles. The number of aryl methyl sites for hydroxylation is 1. The van der Waals surface area contributed by atoms with E-state index >= 15 is 0 Å². The van der Waals surface area contributed by atoms with Gasteiger partial charge in [0.05, 0.1) is 11.9 Å². The van der Waals surface area contributed by atoms with Gasteiger partial charge in [0, 0.05) is 31.9 Å². The minimum atomic E-state index is -0.0592. The fourth-order valence-electron chi connectivity index (χ4n) is 3.15. The third kappa shape index (κ3) is 3.31. The number of anilines is 1. The molecule has 1 aromatic heterocycles. The number of carbonyl (C=O) groups is 1. The SMILES string of the molecule is Cc1ccc(-n2cc(C(=O)N3CCN(c4ccccc4)CC3)nn2)cc1. The molecule has 2 aromatic carbocycles. The molecule has 1 amide bonds. The Kier molecular flexibility index (Phi) is 4.39. The van der Waals surface area contributed by atoms with Gasteiger partial charge >= 0.3 is 0 Å². The zero-order valence-corrected chi connectivity index (χ0v) is 14.7. The first-order valence-electron chi connectivity index (χ1n) is 8.79. The van der Waals surface area contributed by atoms with Crippen LogP contribution in [0.4, 0.5) is 5.69 Å². The van der Waals surface area contributed by atoms with Crippen LogP contribution in [-0.2, 0) is 0 Å². The molecule has 0 N–H and O–H groups in total. The molecule has 1 fully saturated rings. The van der Waals surface area contributed by atoms with Crippen molar-refractivity contribution < 1.29 is 4.79 Å². The maximum absolute atomic E-state index is 12.7. The summed E-state index contributed by atoms with van der Waals surface area (Å²) in [6.45, 7) is 5.05. The van der Waals surface area contributed by atoms with E-state index in [1.54, 1.807) is 10.9 Å². The molecule has 4 rings (SSSR count). The number of benzene rings is 2. The van der Waals surface area contributed by atoms with Crippen molar-refractivity contribution in [3.63, 3.8) is 0 Å². The van der Waals surface area contributed by atoms with Crippen LogP contribution in [0.15, 0.2) is 60.8 Å². The average molecular weight is 347 g/mol. The molecule has 1 aliphatic rings. The van der Waals surface area contributed by atoms with Gasteiger partial charge in [0.15, 0.2) is 5.69 Å². The van der Waals surface area contributed by atoms with E-state index in [-0.39, 0.29) is 5.91 Å². The molecule has 0 saturated carbocycles. The fraction of sp³-hybridized carbons (Fsp3) is 0.250. The minimum Gasteiger partial charge on any atom is -0.368 e. The number of piperazine rings is 1. The van der Waals surface area contributed by atoms with Crippen LogP contribution in [-0.4, -0.2) is 52.0 Å². The molecule has 0 spiro atoms. The van der Waals surface area contributed by atoms with Crippen LogP contribution in [0, 0.1) is 6.92 Å². The van der Waals surface area contributed by atoms with Gasteiger partial charge < -0.3 is 9.80 Å². The van der Waals surface area contributed by atoms with Gasteiger partial charge in [-0.25, -0.2) is 4.68 Å². The lowest BCUT2D eigenvalue weighted by atomic mass is 10.2. The van der Waals surface area contributed by atoms with Gasteiger partial charge in [-0.1, -0.05) is 41.1 Å². The van der Waals surface area contributed by atoms with E-state index in [0.29, 0.717) is 18.8 Å². The van der Waals surface area contributed by atoms with Gasteiger partial charge in [0.25, 0.3) is 5.91 Å². The summed E-state index contributed by atoms with van der Waals surface area (Å²) in [6, 6.07) is 18.3. The maximum Gasteiger partial charge on any atom is 0.276 e. The van der Waals surface area contributed by atoms with Gasteiger partial charge in [0.2, 0.25) is 0 Å². The number of hydrogen-bond donors (Lipinski definition) is 0. The molecule has 3 aromatic rings. The lowest BCUT2D eigenvalue weighted by molar-refractivity contribution is 0.0741. The number of para-hydroxylation sites is 1. The molecule has 0 radical (unpaired) electrons. The summed E-state index contributed by atoms with van der Waals surface area (Å²) in [5.74, 6) is -0.0592. The van der Waals surface area contributed by atoms with Crippen LogP contribution in [0.25, 0.3) is 5.69 Å². The topological polar surface area (TPSA) is 54.3 Å². The van der Waals surface area contributed by atoms with Gasteiger partial charge in [-0.2, -0.15) is 0 Å². The van der Waals surface area contributed by atoms with Crippen molar-refractivity contribution in [1.29, 1.82) is 0 Å². The van der Waals surface area contributed by atoms with E-state index in [2.05, 4.69) is 27.3 Å². The van der Waals surface area contributed by atoms with Crippen LogP contribution >= 0.6 is 0 Å². The van der Waals surface area contributed by atoms with Crippen LogP contribution in [0.2, 0.25) is 0 Å². The first kappa shape index (κ1) is 16.3. The lowest BCUT2D eigenvalue weighted by Crippen LogP contribution is -2.48. The quantitative estimate of drug-likeness (QED) is 0.731. The highest BCUT2D eigenvalue weighted by atomic mass is 16.2. The zero-order chi connectivity index (χ0) is 17.9. The molecule has 0 unspecified atom stereocenters. The molecular formula is C20H21N5O. The van der Waals surface area contributed by atoms with Crippen LogP contribution in [0.5, 0.6) is 0 Å². The average Bonchev–Trinajstić information content (AvgIpc) is 3.19. The van der Waals surface area contributed by atoms with E-state index in [1.165, 1.54) is 11.3 Å². The van der Waals surface area contributed by atoms with Gasteiger partial charge in [-0.3, -0.25) is 4.79 Å². The summed E-state index contributed by atoms with van der Waals surface area (Å²) < 4.78 is 1.65. The maximum atomic E-state index is 12.7. The monoisotopic (exact) mass is 347 g/mol. The molecule has 26 heavy (non-hydrogen) atoms. The summed E-state index contributed by atoms with van der Waals surface area (Å²) in [5.41, 5.74) is 3.67. The van der Waals surface area contributed by atoms with Crippen molar-refractivity contribution in [3.8, 4) is 5.69 Å². The van der Waals surface area contributed by atoms with Gasteiger partial charge in [0.1, 0.15) is 0 Å². The summed E-state index contributed by atoms with van der Waals surface area (Å²) in [7, 11) is 0. The molecule has 0 atom stereocenters. The van der Waals surface area contributed by atoms with Gasteiger partial charge in [-0.05, 0) is 31.2 Å². The third-order valence-corrected chi connectivity index (χ3v) is 4.70. The number of hydrogen-bond acceptors (Lipinski definition) is 4. The standard InChI is InChI=1S/C20H21N5O/c1-16-7-9-18(10-8-16)25-15-19(21-22-25)20(26)24-13-11-23(12-14-24)17-5-3-2-4-6-17/h2-10,15H,11-14H2,1H3. The molecule has 1 aliphatic heterocycles. The van der Waals surface area contributed by atoms with Gasteiger partial charge in [-0.15, -0.1) is 5.10 Å². The minimum absolute atomic E-state index is 0.0592. The van der Waals surface area contributed by atoms with Crippen LogP contribution < -0.4 is 4.90 Å². The van der Waals surface area contributed by atoms with Crippen molar-refractivity contribution in [3.05, 3.63) is 72.1 Å². The molecule has 132 valence electrons. The summed E-state index contributed by atoms with van der Waals surface area (Å²) in [4.78, 5) is 16.9. The Morgan fingerprint density at radius 1 is 0.885 bits per heavy atom. The molecule has 6 heteroatoms. The number of nitrogens with zero attached hydrogens (tertiary/aromatic N) is 5. The largest absolute Gasteiger partial charge is 0.368 e. The highest BCUT2D eigenvalue weighted by Gasteiger charge is 2.24. The van der Waals surface area contributed by atoms with Crippen molar-refractivity contribution in [1.82, 2.24) is 19.9 Å². The molecule has 6 nitrogen and oxygen atoms in total. The summed E-state index contributed by atoms with van der Waals surface area (Å²) >= 11 is 0. The smallest absolute Gasteiger partial charge is 0.276 e. The van der Waals surface area contributed by atoms with E-state index in [4.69, 9.17) is 0 Å². The third-order valence-electron chi connectivity index (χ3n) is 4.70. The number of rotatable bonds is 3. The van der Waals surface area contributed by atoms with Crippen molar-refractivity contribution in [2.45, 2.75) is 6.92 Å². The Hall–Kier alpha value is -3.15. The van der Waals surface area contributed by atoms with E-state index in [9.17, 15) is 4.79 Å². The Morgan fingerprint density at radius 2 is 1.58 bits per heavy atom. The Morgan fingerprint density at radius 3 is 2.27 bits per heavy atom. The van der Waals surface area contributed by atoms with Crippen LogP contribution in [0.1, 0.15) is 16.1 Å². The molecular weight excluding hydrogens is 326 g/mol. The second-order valence-electron chi connectivity index (χ2n) is 6.50. The Bertz CT molecular complexity index is 880.